The van der Waals surface area contributed by atoms with Crippen molar-refractivity contribution in [3.05, 3.63) is 30.1 Å². The Labute approximate surface area is 136 Å². The van der Waals surface area contributed by atoms with Crippen molar-refractivity contribution in [3.63, 3.8) is 0 Å². The van der Waals surface area contributed by atoms with Crippen LogP contribution >= 0.6 is 0 Å². The molecule has 2 aliphatic heterocycles. The lowest BCUT2D eigenvalue weighted by Gasteiger charge is -2.36. The van der Waals surface area contributed by atoms with E-state index in [0.29, 0.717) is 32.6 Å². The third kappa shape index (κ3) is 3.69. The van der Waals surface area contributed by atoms with E-state index in [1.807, 2.05) is 30.9 Å². The lowest BCUT2D eigenvalue weighted by atomic mass is 10.1. The first kappa shape index (κ1) is 15.9. The van der Waals surface area contributed by atoms with Gasteiger partial charge in [-0.1, -0.05) is 0 Å². The zero-order valence-electron chi connectivity index (χ0n) is 13.6. The first-order valence-corrected chi connectivity index (χ1v) is 8.14. The number of rotatable bonds is 3. The van der Waals surface area contributed by atoms with E-state index < -0.39 is 0 Å². The maximum Gasteiger partial charge on any atom is 0.228 e. The van der Waals surface area contributed by atoms with Crippen LogP contribution in [0, 0.1) is 5.92 Å². The van der Waals surface area contributed by atoms with Crippen molar-refractivity contribution in [1.29, 1.82) is 0 Å². The van der Waals surface area contributed by atoms with Gasteiger partial charge >= 0.3 is 0 Å². The second-order valence-electron chi connectivity index (χ2n) is 6.53. The van der Waals surface area contributed by atoms with Gasteiger partial charge in [0.2, 0.25) is 11.8 Å². The summed E-state index contributed by atoms with van der Waals surface area (Å²) in [4.78, 5) is 32.5. The van der Waals surface area contributed by atoms with Gasteiger partial charge in [0.05, 0.1) is 18.1 Å². The molecule has 2 aliphatic rings. The molecule has 6 heteroatoms. The van der Waals surface area contributed by atoms with Crippen LogP contribution in [0.15, 0.2) is 24.5 Å². The molecule has 3 heterocycles. The van der Waals surface area contributed by atoms with E-state index in [0.717, 1.165) is 5.56 Å². The molecule has 1 aromatic rings. The summed E-state index contributed by atoms with van der Waals surface area (Å²) in [6.45, 7) is 6.22. The van der Waals surface area contributed by atoms with Crippen LogP contribution < -0.4 is 0 Å². The smallest absolute Gasteiger partial charge is 0.228 e. The summed E-state index contributed by atoms with van der Waals surface area (Å²) < 4.78 is 5.67. The molecule has 2 saturated heterocycles. The summed E-state index contributed by atoms with van der Waals surface area (Å²) in [5.41, 5.74) is 1.04. The van der Waals surface area contributed by atoms with Gasteiger partial charge in [0.15, 0.2) is 0 Å². The number of carbonyl (C=O) groups excluding carboxylic acids is 2. The molecule has 6 nitrogen and oxygen atoms in total. The van der Waals surface area contributed by atoms with Gasteiger partial charge in [-0.05, 0) is 31.5 Å². The van der Waals surface area contributed by atoms with Crippen LogP contribution in [0.4, 0.5) is 0 Å². The Balaban J connectivity index is 1.61. The van der Waals surface area contributed by atoms with E-state index in [9.17, 15) is 9.59 Å². The third-order valence-electron chi connectivity index (χ3n) is 4.42. The number of amides is 2. The fourth-order valence-electron chi connectivity index (χ4n) is 3.42. The van der Waals surface area contributed by atoms with E-state index in [4.69, 9.17) is 4.74 Å². The Bertz CT molecular complexity index is 568. The van der Waals surface area contributed by atoms with Crippen LogP contribution in [-0.4, -0.2) is 58.4 Å². The van der Waals surface area contributed by atoms with E-state index in [2.05, 4.69) is 4.98 Å². The second-order valence-corrected chi connectivity index (χ2v) is 6.53. The van der Waals surface area contributed by atoms with Crippen LogP contribution in [-0.2, 0) is 20.9 Å². The normalized spacial score (nSPS) is 28.3. The lowest BCUT2D eigenvalue weighted by Crippen LogP contribution is -2.50. The quantitative estimate of drug-likeness (QED) is 0.836. The van der Waals surface area contributed by atoms with Crippen molar-refractivity contribution in [2.24, 2.45) is 5.92 Å². The molecule has 0 spiro atoms. The Hall–Kier alpha value is -1.95. The molecule has 0 radical (unpaired) electrons. The van der Waals surface area contributed by atoms with Crippen molar-refractivity contribution < 1.29 is 14.3 Å². The summed E-state index contributed by atoms with van der Waals surface area (Å²) in [5.74, 6) is -0.103. The first-order chi connectivity index (χ1) is 11.0. The van der Waals surface area contributed by atoms with Crippen molar-refractivity contribution in [1.82, 2.24) is 14.8 Å². The maximum atomic E-state index is 12.7. The number of hydrogen-bond acceptors (Lipinski definition) is 4. The number of morpholine rings is 1. The van der Waals surface area contributed by atoms with E-state index in [1.165, 1.54) is 0 Å². The highest BCUT2D eigenvalue weighted by Gasteiger charge is 2.38. The molecule has 0 unspecified atom stereocenters. The van der Waals surface area contributed by atoms with Gasteiger partial charge in [0.1, 0.15) is 0 Å². The number of likely N-dealkylation sites (tertiary alicyclic amines) is 1. The largest absolute Gasteiger partial charge is 0.372 e. The summed E-state index contributed by atoms with van der Waals surface area (Å²) in [6, 6.07) is 3.79. The number of carbonyl (C=O) groups is 2. The predicted octanol–water partition coefficient (Wildman–Crippen LogP) is 1.07. The summed E-state index contributed by atoms with van der Waals surface area (Å²) >= 11 is 0. The van der Waals surface area contributed by atoms with E-state index in [-0.39, 0.29) is 29.9 Å². The van der Waals surface area contributed by atoms with Gasteiger partial charge in [-0.3, -0.25) is 14.6 Å². The fraction of sp³-hybridized carbons (Fsp3) is 0.588. The van der Waals surface area contributed by atoms with Crippen LogP contribution in [0.2, 0.25) is 0 Å². The average Bonchev–Trinajstić information content (AvgIpc) is 2.87. The zero-order valence-corrected chi connectivity index (χ0v) is 13.6. The van der Waals surface area contributed by atoms with E-state index in [1.54, 1.807) is 17.3 Å². The van der Waals surface area contributed by atoms with Crippen molar-refractivity contribution in [2.45, 2.75) is 39.0 Å². The molecular weight excluding hydrogens is 294 g/mol. The SMILES string of the molecule is C[C@@H]1CN(C(=O)[C@H]2CC(=O)N(Cc3ccncc3)C2)C[C@H](C)O1. The van der Waals surface area contributed by atoms with Crippen LogP contribution in [0.5, 0.6) is 0 Å². The van der Waals surface area contributed by atoms with Crippen molar-refractivity contribution in [2.75, 3.05) is 19.6 Å². The minimum atomic E-state index is -0.234. The number of nitrogens with zero attached hydrogens (tertiary/aromatic N) is 3. The fourth-order valence-corrected chi connectivity index (χ4v) is 3.42. The molecule has 0 aliphatic carbocycles. The molecule has 3 atom stereocenters. The minimum absolute atomic E-state index is 0.0488. The highest BCUT2D eigenvalue weighted by molar-refractivity contribution is 5.89. The van der Waals surface area contributed by atoms with Crippen LogP contribution in [0.3, 0.4) is 0 Å². The van der Waals surface area contributed by atoms with Gasteiger partial charge in [0.25, 0.3) is 0 Å². The molecule has 2 amide bonds. The van der Waals surface area contributed by atoms with Crippen LogP contribution in [0.25, 0.3) is 0 Å². The molecule has 124 valence electrons. The standard InChI is InChI=1S/C17H23N3O3/c1-12-8-20(9-13(2)23-12)17(22)15-7-16(21)19(11-15)10-14-3-5-18-6-4-14/h3-6,12-13,15H,7-11H2,1-2H3/t12-,13+,15-/m0/s1. The number of pyridine rings is 1. The van der Waals surface area contributed by atoms with Gasteiger partial charge in [-0.2, -0.15) is 0 Å². The monoisotopic (exact) mass is 317 g/mol. The lowest BCUT2D eigenvalue weighted by molar-refractivity contribution is -0.147. The second kappa shape index (κ2) is 6.66. The molecule has 0 aromatic carbocycles. The molecule has 3 rings (SSSR count). The van der Waals surface area contributed by atoms with Crippen LogP contribution in [0.1, 0.15) is 25.8 Å². The molecule has 23 heavy (non-hydrogen) atoms. The summed E-state index contributed by atoms with van der Waals surface area (Å²) in [6.07, 6.45) is 3.84. The number of hydrogen-bond donors (Lipinski definition) is 0. The molecule has 1 aromatic heterocycles. The average molecular weight is 317 g/mol. The van der Waals surface area contributed by atoms with Crippen molar-refractivity contribution >= 4 is 11.8 Å². The van der Waals surface area contributed by atoms with E-state index >= 15 is 0 Å². The number of aromatic nitrogens is 1. The summed E-state index contributed by atoms with van der Waals surface area (Å²) in [7, 11) is 0. The number of ether oxygens (including phenoxy) is 1. The minimum Gasteiger partial charge on any atom is -0.372 e. The zero-order chi connectivity index (χ0) is 16.4. The van der Waals surface area contributed by atoms with Gasteiger partial charge in [-0.25, -0.2) is 0 Å². The Kier molecular flexibility index (Phi) is 4.61. The maximum absolute atomic E-state index is 12.7. The third-order valence-corrected chi connectivity index (χ3v) is 4.42. The highest BCUT2D eigenvalue weighted by atomic mass is 16.5. The first-order valence-electron chi connectivity index (χ1n) is 8.14. The Morgan fingerprint density at radius 1 is 1.22 bits per heavy atom. The molecule has 0 bridgehead atoms. The van der Waals surface area contributed by atoms with Gasteiger partial charge < -0.3 is 14.5 Å². The Morgan fingerprint density at radius 2 is 1.87 bits per heavy atom. The predicted molar refractivity (Wildman–Crippen MR) is 84.4 cm³/mol. The Morgan fingerprint density at radius 3 is 2.52 bits per heavy atom. The van der Waals surface area contributed by atoms with Crippen molar-refractivity contribution in [3.8, 4) is 0 Å². The molecule has 0 N–H and O–H groups in total. The highest BCUT2D eigenvalue weighted by Crippen LogP contribution is 2.23. The molecule has 0 saturated carbocycles. The molecular formula is C17H23N3O3. The van der Waals surface area contributed by atoms with Gasteiger partial charge in [0, 0.05) is 45.0 Å². The summed E-state index contributed by atoms with van der Waals surface area (Å²) in [5, 5.41) is 0. The molecule has 2 fully saturated rings. The topological polar surface area (TPSA) is 62.7 Å². The van der Waals surface area contributed by atoms with Gasteiger partial charge in [-0.15, -0.1) is 0 Å².